The van der Waals surface area contributed by atoms with Crippen LogP contribution in [0.25, 0.3) is 0 Å². The zero-order valence-corrected chi connectivity index (χ0v) is 20.2. The van der Waals surface area contributed by atoms with Crippen molar-refractivity contribution < 1.29 is 14.3 Å². The molecule has 35 heavy (non-hydrogen) atoms. The number of nitrogens with zero attached hydrogens (tertiary/aromatic N) is 1. The van der Waals surface area contributed by atoms with Crippen LogP contribution in [-0.2, 0) is 29.0 Å². The molecule has 3 aromatic rings. The molecule has 1 aliphatic rings. The third-order valence-corrected chi connectivity index (χ3v) is 6.57. The number of hydrogen-bond donors (Lipinski definition) is 1. The Morgan fingerprint density at radius 2 is 1.37 bits per heavy atom. The lowest BCUT2D eigenvalue weighted by molar-refractivity contribution is -0.135. The summed E-state index contributed by atoms with van der Waals surface area (Å²) < 4.78 is 5.83. The van der Waals surface area contributed by atoms with Crippen molar-refractivity contribution in [3.05, 3.63) is 102 Å². The minimum atomic E-state index is -0.0121. The number of benzene rings is 3. The first-order valence-electron chi connectivity index (χ1n) is 12.5. The van der Waals surface area contributed by atoms with Crippen LogP contribution in [0.2, 0.25) is 0 Å². The fourth-order valence-corrected chi connectivity index (χ4v) is 4.41. The summed E-state index contributed by atoms with van der Waals surface area (Å²) in [6.07, 6.45) is 3.53. The summed E-state index contributed by atoms with van der Waals surface area (Å²) in [5.41, 5.74) is 3.49. The lowest BCUT2D eigenvalue weighted by atomic mass is 9.95. The van der Waals surface area contributed by atoms with Crippen LogP contribution in [0.15, 0.2) is 84.9 Å². The highest BCUT2D eigenvalue weighted by Crippen LogP contribution is 2.19. The molecule has 1 aliphatic heterocycles. The van der Waals surface area contributed by atoms with E-state index in [-0.39, 0.29) is 17.7 Å². The van der Waals surface area contributed by atoms with E-state index >= 15 is 0 Å². The van der Waals surface area contributed by atoms with Gasteiger partial charge >= 0.3 is 0 Å². The van der Waals surface area contributed by atoms with E-state index in [2.05, 4.69) is 17.4 Å². The van der Waals surface area contributed by atoms with Crippen molar-refractivity contribution >= 4 is 11.8 Å². The number of nitrogens with one attached hydrogen (secondary N) is 1. The zero-order valence-electron chi connectivity index (χ0n) is 20.2. The Morgan fingerprint density at radius 3 is 2.03 bits per heavy atom. The Labute approximate surface area is 208 Å². The lowest BCUT2D eigenvalue weighted by Gasteiger charge is -2.31. The maximum atomic E-state index is 12.6. The summed E-state index contributed by atoms with van der Waals surface area (Å²) in [6.45, 7) is 2.49. The second-order valence-corrected chi connectivity index (χ2v) is 9.10. The van der Waals surface area contributed by atoms with Crippen molar-refractivity contribution in [3.63, 3.8) is 0 Å². The van der Waals surface area contributed by atoms with Gasteiger partial charge in [-0.25, -0.2) is 0 Å². The van der Waals surface area contributed by atoms with E-state index in [0.29, 0.717) is 32.7 Å². The topological polar surface area (TPSA) is 58.6 Å². The molecule has 0 unspecified atom stereocenters. The summed E-state index contributed by atoms with van der Waals surface area (Å²) in [7, 11) is 0. The number of piperidine rings is 1. The van der Waals surface area contributed by atoms with Gasteiger partial charge in [0.25, 0.3) is 0 Å². The second-order valence-electron chi connectivity index (χ2n) is 9.10. The molecule has 0 aromatic heterocycles. The third kappa shape index (κ3) is 7.71. The van der Waals surface area contributed by atoms with Gasteiger partial charge in [0.2, 0.25) is 11.8 Å². The van der Waals surface area contributed by atoms with Crippen LogP contribution >= 0.6 is 0 Å². The first-order valence-corrected chi connectivity index (χ1v) is 12.5. The van der Waals surface area contributed by atoms with Crippen LogP contribution in [0.1, 0.15) is 36.0 Å². The molecule has 5 nitrogen and oxygen atoms in total. The molecule has 0 spiro atoms. The number of ether oxygens (including phenoxy) is 1. The average molecular weight is 471 g/mol. The van der Waals surface area contributed by atoms with Crippen LogP contribution in [0.5, 0.6) is 5.75 Å². The highest BCUT2D eigenvalue weighted by Gasteiger charge is 2.26. The SMILES string of the molecule is O=C(NCCc1ccc(OCc2ccccc2)cc1)C1CCN(C(=O)CCc2ccccc2)CC1. The molecule has 1 N–H and O–H groups in total. The molecular formula is C30H34N2O3. The van der Waals surface area contributed by atoms with Gasteiger partial charge < -0.3 is 15.0 Å². The van der Waals surface area contributed by atoms with Gasteiger partial charge in [0.15, 0.2) is 0 Å². The summed E-state index contributed by atoms with van der Waals surface area (Å²) in [5, 5.41) is 3.08. The van der Waals surface area contributed by atoms with E-state index in [1.807, 2.05) is 77.7 Å². The van der Waals surface area contributed by atoms with Gasteiger partial charge in [-0.05, 0) is 54.5 Å². The second kappa shape index (κ2) is 12.7. The highest BCUT2D eigenvalue weighted by molar-refractivity contribution is 5.80. The van der Waals surface area contributed by atoms with Gasteiger partial charge in [-0.1, -0.05) is 72.8 Å². The molecular weight excluding hydrogens is 436 g/mol. The summed E-state index contributed by atoms with van der Waals surface area (Å²) in [5.74, 6) is 1.11. The van der Waals surface area contributed by atoms with Gasteiger partial charge in [-0.2, -0.15) is 0 Å². The molecule has 0 atom stereocenters. The molecule has 2 amide bonds. The van der Waals surface area contributed by atoms with Crippen molar-refractivity contribution in [1.82, 2.24) is 10.2 Å². The molecule has 3 aromatic carbocycles. The molecule has 182 valence electrons. The van der Waals surface area contributed by atoms with Crippen molar-refractivity contribution in [2.75, 3.05) is 19.6 Å². The summed E-state index contributed by atoms with van der Waals surface area (Å²) >= 11 is 0. The van der Waals surface area contributed by atoms with E-state index in [1.165, 1.54) is 5.56 Å². The molecule has 1 fully saturated rings. The van der Waals surface area contributed by atoms with E-state index < -0.39 is 0 Å². The number of aryl methyl sites for hydroxylation is 1. The van der Waals surface area contributed by atoms with Crippen LogP contribution in [-0.4, -0.2) is 36.3 Å². The quantitative estimate of drug-likeness (QED) is 0.463. The normalized spacial score (nSPS) is 13.9. The van der Waals surface area contributed by atoms with Crippen LogP contribution in [0, 0.1) is 5.92 Å². The van der Waals surface area contributed by atoms with Crippen LogP contribution < -0.4 is 10.1 Å². The predicted octanol–water partition coefficient (Wildman–Crippen LogP) is 4.80. The van der Waals surface area contributed by atoms with Gasteiger partial charge in [-0.15, -0.1) is 0 Å². The lowest BCUT2D eigenvalue weighted by Crippen LogP contribution is -2.43. The van der Waals surface area contributed by atoms with Crippen LogP contribution in [0.4, 0.5) is 0 Å². The number of rotatable bonds is 10. The summed E-state index contributed by atoms with van der Waals surface area (Å²) in [4.78, 5) is 27.1. The Hall–Kier alpha value is -3.60. The van der Waals surface area contributed by atoms with E-state index in [4.69, 9.17) is 4.74 Å². The Balaban J connectivity index is 1.12. The third-order valence-electron chi connectivity index (χ3n) is 6.57. The fourth-order valence-electron chi connectivity index (χ4n) is 4.41. The van der Waals surface area contributed by atoms with E-state index in [9.17, 15) is 9.59 Å². The van der Waals surface area contributed by atoms with Crippen molar-refractivity contribution in [1.29, 1.82) is 0 Å². The molecule has 0 bridgehead atoms. The molecule has 0 saturated carbocycles. The average Bonchev–Trinajstić information content (AvgIpc) is 2.92. The van der Waals surface area contributed by atoms with Crippen LogP contribution in [0.3, 0.4) is 0 Å². The molecule has 4 rings (SSSR count). The Kier molecular flexibility index (Phi) is 8.93. The first kappa shape index (κ1) is 24.5. The molecule has 1 heterocycles. The maximum absolute atomic E-state index is 12.6. The smallest absolute Gasteiger partial charge is 0.223 e. The molecule has 0 radical (unpaired) electrons. The monoisotopic (exact) mass is 470 g/mol. The highest BCUT2D eigenvalue weighted by atomic mass is 16.5. The van der Waals surface area contributed by atoms with Crippen molar-refractivity contribution in [2.45, 2.75) is 38.7 Å². The van der Waals surface area contributed by atoms with Crippen molar-refractivity contribution in [3.8, 4) is 5.75 Å². The molecule has 1 saturated heterocycles. The minimum absolute atomic E-state index is 0.0121. The number of likely N-dealkylation sites (tertiary alicyclic amines) is 1. The Bertz CT molecular complexity index is 1060. The summed E-state index contributed by atoms with van der Waals surface area (Å²) in [6, 6.07) is 28.2. The first-order chi connectivity index (χ1) is 17.2. The number of carbonyl (C=O) groups is 2. The van der Waals surface area contributed by atoms with Gasteiger partial charge in [0.1, 0.15) is 12.4 Å². The van der Waals surface area contributed by atoms with Crippen molar-refractivity contribution in [2.24, 2.45) is 5.92 Å². The minimum Gasteiger partial charge on any atom is -0.489 e. The molecule has 0 aliphatic carbocycles. The maximum Gasteiger partial charge on any atom is 0.223 e. The van der Waals surface area contributed by atoms with E-state index in [1.54, 1.807) is 0 Å². The Morgan fingerprint density at radius 1 is 0.771 bits per heavy atom. The fraction of sp³-hybridized carbons (Fsp3) is 0.333. The largest absolute Gasteiger partial charge is 0.489 e. The molecule has 5 heteroatoms. The zero-order chi connectivity index (χ0) is 24.3. The van der Waals surface area contributed by atoms with Gasteiger partial charge in [0, 0.05) is 32.0 Å². The predicted molar refractivity (Wildman–Crippen MR) is 138 cm³/mol. The van der Waals surface area contributed by atoms with Gasteiger partial charge in [0.05, 0.1) is 0 Å². The number of carbonyl (C=O) groups excluding carboxylic acids is 2. The van der Waals surface area contributed by atoms with E-state index in [0.717, 1.165) is 42.6 Å². The number of amides is 2. The standard InChI is InChI=1S/C30H34N2O3/c33-29(16-13-24-7-3-1-4-8-24)32-21-18-27(19-22-32)30(34)31-20-17-25-11-14-28(15-12-25)35-23-26-9-5-2-6-10-26/h1-12,14-15,27H,13,16-23H2,(H,31,34). The van der Waals surface area contributed by atoms with Gasteiger partial charge in [-0.3, -0.25) is 9.59 Å². The number of hydrogen-bond acceptors (Lipinski definition) is 3.